The van der Waals surface area contributed by atoms with Gasteiger partial charge in [-0.25, -0.2) is 14.4 Å². The van der Waals surface area contributed by atoms with E-state index in [9.17, 15) is 19.2 Å². The highest BCUT2D eigenvalue weighted by Crippen LogP contribution is 2.36. The van der Waals surface area contributed by atoms with E-state index in [1.54, 1.807) is 24.3 Å². The largest absolute Gasteiger partial charge is 0.465 e. The number of fused-ring (bicyclic) bond motifs is 1. The molecule has 2 aromatic rings. The van der Waals surface area contributed by atoms with Gasteiger partial charge in [-0.1, -0.05) is 18.2 Å². The molecule has 0 aliphatic heterocycles. The number of hydrogen-bond donors (Lipinski definition) is 1. The monoisotopic (exact) mass is 363 g/mol. The van der Waals surface area contributed by atoms with Gasteiger partial charge in [0.25, 0.3) is 0 Å². The van der Waals surface area contributed by atoms with Gasteiger partial charge in [-0.05, 0) is 6.07 Å². The third-order valence-electron chi connectivity index (χ3n) is 3.69. The molecule has 0 atom stereocenters. The smallest absolute Gasteiger partial charge is 0.368 e. The van der Waals surface area contributed by atoms with Crippen LogP contribution in [-0.4, -0.2) is 50.2 Å². The number of methoxy groups -OCH3 is 3. The Bertz CT molecular complexity index is 866. The summed E-state index contributed by atoms with van der Waals surface area (Å²) in [5.74, 6) is -4.29. The Morgan fingerprint density at radius 2 is 1.50 bits per heavy atom. The van der Waals surface area contributed by atoms with E-state index in [1.165, 1.54) is 0 Å². The summed E-state index contributed by atoms with van der Waals surface area (Å²) in [5.41, 5.74) is -2.72. The summed E-state index contributed by atoms with van der Waals surface area (Å²) in [4.78, 5) is 51.9. The molecule has 0 unspecified atom stereocenters. The lowest BCUT2D eigenvalue weighted by Gasteiger charge is -2.27. The van der Waals surface area contributed by atoms with Crippen molar-refractivity contribution in [2.45, 2.75) is 12.5 Å². The summed E-state index contributed by atoms with van der Waals surface area (Å²) in [6, 6.07) is 6.51. The second-order valence-corrected chi connectivity index (χ2v) is 5.17. The number of aromatic amines is 1. The summed E-state index contributed by atoms with van der Waals surface area (Å²) in [6.45, 7) is 1.00. The Morgan fingerprint density at radius 1 is 0.923 bits per heavy atom. The number of para-hydroxylation sites is 1. The maximum atomic E-state index is 12.5. The standard InChI is InChI=1S/C17H17NO8/c1-9(19)26-17(15(21)24-3,16(22)25-4)13-12(14(20)23-2)10-7-5-6-8-11(10)18-13/h5-8,18H,1-4H3. The number of rotatable bonds is 5. The fourth-order valence-corrected chi connectivity index (χ4v) is 2.64. The molecule has 1 aromatic heterocycles. The lowest BCUT2D eigenvalue weighted by molar-refractivity contribution is -0.195. The molecular formula is C17H17NO8. The van der Waals surface area contributed by atoms with Crippen molar-refractivity contribution in [3.05, 3.63) is 35.5 Å². The minimum absolute atomic E-state index is 0.153. The summed E-state index contributed by atoms with van der Waals surface area (Å²) in [6.07, 6.45) is 0. The van der Waals surface area contributed by atoms with Crippen LogP contribution in [0.25, 0.3) is 10.9 Å². The van der Waals surface area contributed by atoms with Gasteiger partial charge in [0, 0.05) is 17.8 Å². The van der Waals surface area contributed by atoms with Crippen molar-refractivity contribution in [2.75, 3.05) is 21.3 Å². The number of nitrogens with one attached hydrogen (secondary N) is 1. The van der Waals surface area contributed by atoms with E-state index in [0.717, 1.165) is 28.3 Å². The minimum Gasteiger partial charge on any atom is -0.465 e. The number of esters is 4. The van der Waals surface area contributed by atoms with Gasteiger partial charge in [0.2, 0.25) is 0 Å². The Morgan fingerprint density at radius 3 is 2.00 bits per heavy atom. The fraction of sp³-hybridized carbons (Fsp3) is 0.294. The normalized spacial score (nSPS) is 10.9. The highest BCUT2D eigenvalue weighted by molar-refractivity contribution is 6.13. The van der Waals surface area contributed by atoms with E-state index in [2.05, 4.69) is 14.5 Å². The van der Waals surface area contributed by atoms with Gasteiger partial charge in [0.15, 0.2) is 0 Å². The zero-order valence-corrected chi connectivity index (χ0v) is 14.6. The van der Waals surface area contributed by atoms with Gasteiger partial charge in [0.05, 0.1) is 32.6 Å². The van der Waals surface area contributed by atoms with E-state index in [-0.39, 0.29) is 11.3 Å². The molecule has 0 saturated heterocycles. The van der Waals surface area contributed by atoms with Gasteiger partial charge < -0.3 is 23.9 Å². The van der Waals surface area contributed by atoms with Crippen molar-refractivity contribution < 1.29 is 38.1 Å². The number of carbonyl (C=O) groups excluding carboxylic acids is 4. The lowest BCUT2D eigenvalue weighted by atomic mass is 9.94. The third kappa shape index (κ3) is 2.87. The summed E-state index contributed by atoms with van der Waals surface area (Å²) in [5, 5.41) is 0.360. The van der Waals surface area contributed by atoms with E-state index >= 15 is 0 Å². The zero-order valence-electron chi connectivity index (χ0n) is 14.6. The van der Waals surface area contributed by atoms with Gasteiger partial charge >= 0.3 is 29.5 Å². The van der Waals surface area contributed by atoms with Crippen LogP contribution >= 0.6 is 0 Å². The zero-order chi connectivity index (χ0) is 19.5. The van der Waals surface area contributed by atoms with E-state index in [4.69, 9.17) is 9.47 Å². The first-order valence-electron chi connectivity index (χ1n) is 7.39. The van der Waals surface area contributed by atoms with Crippen LogP contribution in [0.2, 0.25) is 0 Å². The van der Waals surface area contributed by atoms with Crippen LogP contribution in [0.5, 0.6) is 0 Å². The molecule has 0 aliphatic rings. The molecule has 0 fully saturated rings. The van der Waals surface area contributed by atoms with Crippen molar-refractivity contribution >= 4 is 34.8 Å². The minimum atomic E-state index is -2.65. The SMILES string of the molecule is COC(=O)c1c(C(OC(C)=O)(C(=O)OC)C(=O)OC)[nH]c2ccccc12. The Hall–Kier alpha value is -3.36. The second-order valence-electron chi connectivity index (χ2n) is 5.17. The average Bonchev–Trinajstić information content (AvgIpc) is 3.03. The number of H-pyrrole nitrogens is 1. The highest BCUT2D eigenvalue weighted by Gasteiger charge is 2.57. The van der Waals surface area contributed by atoms with Gasteiger partial charge in [-0.3, -0.25) is 4.79 Å². The van der Waals surface area contributed by atoms with E-state index < -0.39 is 29.5 Å². The average molecular weight is 363 g/mol. The lowest BCUT2D eigenvalue weighted by Crippen LogP contribution is -2.50. The maximum absolute atomic E-state index is 12.5. The van der Waals surface area contributed by atoms with Gasteiger partial charge in [-0.15, -0.1) is 0 Å². The first-order valence-corrected chi connectivity index (χ1v) is 7.39. The van der Waals surface area contributed by atoms with Gasteiger partial charge in [-0.2, -0.15) is 0 Å². The molecule has 26 heavy (non-hydrogen) atoms. The van der Waals surface area contributed by atoms with Crippen LogP contribution in [0.3, 0.4) is 0 Å². The number of ether oxygens (including phenoxy) is 4. The quantitative estimate of drug-likeness (QED) is 0.475. The highest BCUT2D eigenvalue weighted by atomic mass is 16.6. The predicted octanol–water partition coefficient (Wildman–Crippen LogP) is 1.06. The molecule has 1 N–H and O–H groups in total. The van der Waals surface area contributed by atoms with Crippen LogP contribution < -0.4 is 0 Å². The van der Waals surface area contributed by atoms with Crippen molar-refractivity contribution in [3.8, 4) is 0 Å². The van der Waals surface area contributed by atoms with Crippen molar-refractivity contribution in [3.63, 3.8) is 0 Å². The summed E-state index contributed by atoms with van der Waals surface area (Å²) < 4.78 is 19.2. The van der Waals surface area contributed by atoms with Crippen LogP contribution in [0.15, 0.2) is 24.3 Å². The molecule has 9 nitrogen and oxygen atoms in total. The maximum Gasteiger partial charge on any atom is 0.368 e. The Kier molecular flexibility index (Phi) is 5.30. The fourth-order valence-electron chi connectivity index (χ4n) is 2.64. The van der Waals surface area contributed by atoms with Crippen LogP contribution in [0.4, 0.5) is 0 Å². The van der Waals surface area contributed by atoms with Gasteiger partial charge in [0.1, 0.15) is 0 Å². The molecule has 9 heteroatoms. The molecule has 138 valence electrons. The number of hydrogen-bond acceptors (Lipinski definition) is 8. The second kappa shape index (κ2) is 7.26. The van der Waals surface area contributed by atoms with Crippen LogP contribution in [-0.2, 0) is 38.9 Å². The number of aromatic nitrogens is 1. The summed E-state index contributed by atoms with van der Waals surface area (Å²) >= 11 is 0. The molecule has 0 amide bonds. The van der Waals surface area contributed by atoms with Crippen molar-refractivity contribution in [1.29, 1.82) is 0 Å². The van der Waals surface area contributed by atoms with Crippen molar-refractivity contribution in [2.24, 2.45) is 0 Å². The third-order valence-corrected chi connectivity index (χ3v) is 3.69. The van der Waals surface area contributed by atoms with E-state index in [0.29, 0.717) is 10.9 Å². The molecule has 0 radical (unpaired) electrons. The summed E-state index contributed by atoms with van der Waals surface area (Å²) in [7, 11) is 3.14. The molecule has 0 aliphatic carbocycles. The molecule has 1 aromatic carbocycles. The molecule has 1 heterocycles. The molecule has 2 rings (SSSR count). The predicted molar refractivity (Wildman–Crippen MR) is 87.1 cm³/mol. The topological polar surface area (TPSA) is 121 Å². The molecule has 0 bridgehead atoms. The van der Waals surface area contributed by atoms with Crippen molar-refractivity contribution in [1.82, 2.24) is 4.98 Å². The number of carbonyl (C=O) groups is 4. The molecular weight excluding hydrogens is 346 g/mol. The first kappa shape index (κ1) is 19.0. The van der Waals surface area contributed by atoms with E-state index in [1.807, 2.05) is 0 Å². The number of benzene rings is 1. The first-order chi connectivity index (χ1) is 12.3. The Balaban J connectivity index is 2.96. The Labute approximate surface area is 148 Å². The van der Waals surface area contributed by atoms with Crippen LogP contribution in [0, 0.1) is 0 Å². The molecule has 0 saturated carbocycles. The molecule has 0 spiro atoms. The van der Waals surface area contributed by atoms with Crippen LogP contribution in [0.1, 0.15) is 23.0 Å².